The summed E-state index contributed by atoms with van der Waals surface area (Å²) in [5.41, 5.74) is 5.72. The summed E-state index contributed by atoms with van der Waals surface area (Å²) < 4.78 is 4.84. The molecular weight excluding hydrogens is 288 g/mol. The average Bonchev–Trinajstić information content (AvgIpc) is 2.33. The van der Waals surface area contributed by atoms with Crippen LogP contribution in [-0.4, -0.2) is 43.1 Å². The van der Waals surface area contributed by atoms with E-state index >= 15 is 0 Å². The molecule has 114 valence electrons. The zero-order valence-corrected chi connectivity index (χ0v) is 13.4. The fraction of sp³-hybridized carbons (Fsp3) is 0.833. The maximum Gasteiger partial charge on any atom is 0.306 e. The van der Waals surface area contributed by atoms with Crippen LogP contribution in [-0.2, 0) is 14.3 Å². The zero-order valence-electron chi connectivity index (χ0n) is 11.8. The molecule has 0 radical (unpaired) electrons. The van der Waals surface area contributed by atoms with Gasteiger partial charge in [0.1, 0.15) is 0 Å². The average molecular weight is 313 g/mol. The molecule has 0 aliphatic carbocycles. The first-order valence-corrected chi connectivity index (χ1v) is 7.58. The minimum Gasteiger partial charge on any atom is -0.466 e. The molecule has 5 nitrogen and oxygen atoms in total. The lowest BCUT2D eigenvalue weighted by Gasteiger charge is -2.15. The van der Waals surface area contributed by atoms with Gasteiger partial charge in [-0.05, 0) is 31.3 Å². The number of carbonyl (C=O) groups is 2. The topological polar surface area (TPSA) is 81.4 Å². The van der Waals surface area contributed by atoms with Gasteiger partial charge in [-0.25, -0.2) is 0 Å². The van der Waals surface area contributed by atoms with Crippen LogP contribution in [0.2, 0.25) is 0 Å². The Hall–Kier alpha value is -0.460. The van der Waals surface area contributed by atoms with Gasteiger partial charge in [-0.2, -0.15) is 11.8 Å². The molecule has 7 heteroatoms. The van der Waals surface area contributed by atoms with Gasteiger partial charge < -0.3 is 15.8 Å². The Kier molecular flexibility index (Phi) is 13.8. The van der Waals surface area contributed by atoms with E-state index in [1.54, 1.807) is 18.7 Å². The van der Waals surface area contributed by atoms with Crippen LogP contribution in [0.4, 0.5) is 0 Å². The predicted molar refractivity (Wildman–Crippen MR) is 81.6 cm³/mol. The Labute approximate surface area is 125 Å². The van der Waals surface area contributed by atoms with Gasteiger partial charge in [-0.3, -0.25) is 9.59 Å². The normalized spacial score (nSPS) is 13.1. The highest BCUT2D eigenvalue weighted by Gasteiger charge is 2.15. The summed E-state index contributed by atoms with van der Waals surface area (Å²) in [6, 6.07) is -0.466. The summed E-state index contributed by atoms with van der Waals surface area (Å²) in [5.74, 6) is 0.541. The first-order chi connectivity index (χ1) is 8.51. The van der Waals surface area contributed by atoms with Crippen molar-refractivity contribution >= 4 is 36.0 Å². The second kappa shape index (κ2) is 12.6. The van der Waals surface area contributed by atoms with Gasteiger partial charge in [0.2, 0.25) is 5.91 Å². The molecule has 2 atom stereocenters. The third kappa shape index (κ3) is 11.1. The zero-order chi connectivity index (χ0) is 14.0. The highest BCUT2D eigenvalue weighted by molar-refractivity contribution is 7.98. The highest BCUT2D eigenvalue weighted by Crippen LogP contribution is 2.03. The van der Waals surface area contributed by atoms with E-state index in [0.717, 1.165) is 5.75 Å². The number of rotatable bonds is 9. The SMILES string of the molecule is CCOC(=O)CC(C)CNC(=O)C(N)CCSC.Cl. The first kappa shape index (κ1) is 20.8. The number of nitrogens with two attached hydrogens (primary N) is 1. The van der Waals surface area contributed by atoms with Gasteiger partial charge in [-0.1, -0.05) is 6.92 Å². The molecule has 0 aromatic rings. The van der Waals surface area contributed by atoms with E-state index in [1.165, 1.54) is 0 Å². The lowest BCUT2D eigenvalue weighted by Crippen LogP contribution is -2.42. The van der Waals surface area contributed by atoms with Crippen molar-refractivity contribution in [2.75, 3.05) is 25.2 Å². The Morgan fingerprint density at radius 3 is 2.58 bits per heavy atom. The predicted octanol–water partition coefficient (Wildman–Crippen LogP) is 1.19. The third-order valence-corrected chi connectivity index (χ3v) is 3.06. The Balaban J connectivity index is 0. The van der Waals surface area contributed by atoms with E-state index < -0.39 is 6.04 Å². The van der Waals surface area contributed by atoms with Crippen LogP contribution in [0.5, 0.6) is 0 Å². The van der Waals surface area contributed by atoms with Crippen LogP contribution >= 0.6 is 24.2 Å². The van der Waals surface area contributed by atoms with Crippen molar-refractivity contribution < 1.29 is 14.3 Å². The molecule has 0 aromatic heterocycles. The summed E-state index contributed by atoms with van der Waals surface area (Å²) in [6.45, 7) is 4.50. The Morgan fingerprint density at radius 2 is 2.05 bits per heavy atom. The van der Waals surface area contributed by atoms with Crippen LogP contribution in [0, 0.1) is 5.92 Å². The van der Waals surface area contributed by atoms with Gasteiger partial charge in [0.15, 0.2) is 0 Å². The number of amides is 1. The van der Waals surface area contributed by atoms with E-state index in [2.05, 4.69) is 5.32 Å². The van der Waals surface area contributed by atoms with Crippen molar-refractivity contribution in [3.63, 3.8) is 0 Å². The number of ether oxygens (including phenoxy) is 1. The Morgan fingerprint density at radius 1 is 1.42 bits per heavy atom. The summed E-state index contributed by atoms with van der Waals surface area (Å²) >= 11 is 1.66. The number of hydrogen-bond acceptors (Lipinski definition) is 5. The van der Waals surface area contributed by atoms with Gasteiger partial charge in [0, 0.05) is 13.0 Å². The van der Waals surface area contributed by atoms with Gasteiger partial charge in [-0.15, -0.1) is 12.4 Å². The first-order valence-electron chi connectivity index (χ1n) is 6.19. The maximum absolute atomic E-state index is 11.6. The van der Waals surface area contributed by atoms with Crippen LogP contribution in [0.3, 0.4) is 0 Å². The van der Waals surface area contributed by atoms with Crippen LogP contribution < -0.4 is 11.1 Å². The molecule has 0 aliphatic heterocycles. The summed E-state index contributed by atoms with van der Waals surface area (Å²) in [5, 5.41) is 2.76. The lowest BCUT2D eigenvalue weighted by molar-refractivity contribution is -0.144. The fourth-order valence-electron chi connectivity index (χ4n) is 1.36. The maximum atomic E-state index is 11.6. The van der Waals surface area contributed by atoms with Crippen LogP contribution in [0.25, 0.3) is 0 Å². The molecule has 2 unspecified atom stereocenters. The fourth-order valence-corrected chi connectivity index (χ4v) is 1.85. The smallest absolute Gasteiger partial charge is 0.306 e. The van der Waals surface area contributed by atoms with Gasteiger partial charge in [0.05, 0.1) is 12.6 Å². The molecular formula is C12H25ClN2O3S. The Bertz CT molecular complexity index is 267. The number of thioether (sulfide) groups is 1. The number of nitrogens with one attached hydrogen (secondary N) is 1. The summed E-state index contributed by atoms with van der Waals surface area (Å²) in [6.07, 6.45) is 2.96. The second-order valence-electron chi connectivity index (χ2n) is 4.25. The number of hydrogen-bond donors (Lipinski definition) is 2. The number of halogens is 1. The minimum atomic E-state index is -0.466. The second-order valence-corrected chi connectivity index (χ2v) is 5.23. The summed E-state index contributed by atoms with van der Waals surface area (Å²) in [7, 11) is 0. The molecule has 1 amide bonds. The van der Waals surface area contributed by atoms with Crippen molar-refractivity contribution in [1.82, 2.24) is 5.32 Å². The van der Waals surface area contributed by atoms with Crippen molar-refractivity contribution in [1.29, 1.82) is 0 Å². The van der Waals surface area contributed by atoms with Crippen molar-refractivity contribution in [3.05, 3.63) is 0 Å². The number of esters is 1. The molecule has 0 rings (SSSR count). The molecule has 0 saturated carbocycles. The molecule has 0 spiro atoms. The quantitative estimate of drug-likeness (QED) is 0.625. The molecule has 3 N–H and O–H groups in total. The molecule has 0 heterocycles. The minimum absolute atomic E-state index is 0. The molecule has 19 heavy (non-hydrogen) atoms. The third-order valence-electron chi connectivity index (χ3n) is 2.41. The number of carbonyl (C=O) groups excluding carboxylic acids is 2. The molecule has 0 aromatic carbocycles. The monoisotopic (exact) mass is 312 g/mol. The molecule has 0 bridgehead atoms. The van der Waals surface area contributed by atoms with E-state index in [1.807, 2.05) is 13.2 Å². The van der Waals surface area contributed by atoms with Crippen molar-refractivity contribution in [2.45, 2.75) is 32.7 Å². The van der Waals surface area contributed by atoms with Crippen LogP contribution in [0.1, 0.15) is 26.7 Å². The largest absolute Gasteiger partial charge is 0.466 e. The summed E-state index contributed by atoms with van der Waals surface area (Å²) in [4.78, 5) is 22.8. The standard InChI is InChI=1S/C12H24N2O3S.ClH/c1-4-17-11(15)7-9(2)8-14-12(16)10(13)5-6-18-3;/h9-10H,4-8,13H2,1-3H3,(H,14,16);1H. The van der Waals surface area contributed by atoms with E-state index in [-0.39, 0.29) is 30.2 Å². The van der Waals surface area contributed by atoms with E-state index in [9.17, 15) is 9.59 Å². The lowest BCUT2D eigenvalue weighted by atomic mass is 10.1. The van der Waals surface area contributed by atoms with Crippen molar-refractivity contribution in [3.8, 4) is 0 Å². The molecule has 0 saturated heterocycles. The molecule has 0 fully saturated rings. The van der Waals surface area contributed by atoms with E-state index in [4.69, 9.17) is 10.5 Å². The van der Waals surface area contributed by atoms with E-state index in [0.29, 0.717) is 26.0 Å². The highest BCUT2D eigenvalue weighted by atomic mass is 35.5. The van der Waals surface area contributed by atoms with Crippen LogP contribution in [0.15, 0.2) is 0 Å². The molecule has 0 aliphatic rings. The van der Waals surface area contributed by atoms with Gasteiger partial charge in [0.25, 0.3) is 0 Å². The van der Waals surface area contributed by atoms with Crippen molar-refractivity contribution in [2.24, 2.45) is 11.7 Å². The van der Waals surface area contributed by atoms with Gasteiger partial charge >= 0.3 is 5.97 Å².